The first-order valence-corrected chi connectivity index (χ1v) is 33.0. The molecule has 0 saturated heterocycles. The molecule has 428 valence electrons. The van der Waals surface area contributed by atoms with Crippen LogP contribution >= 0.6 is 0 Å². The molecule has 0 aromatic rings. The third kappa shape index (κ3) is 57.9. The van der Waals surface area contributed by atoms with Crippen LogP contribution in [0.2, 0.25) is 0 Å². The number of rotatable bonds is 62. The summed E-state index contributed by atoms with van der Waals surface area (Å²) in [7, 11) is 0. The van der Waals surface area contributed by atoms with Crippen molar-refractivity contribution in [2.45, 2.75) is 386 Å². The van der Waals surface area contributed by atoms with Crippen LogP contribution in [0.1, 0.15) is 373 Å². The van der Waals surface area contributed by atoms with Crippen LogP contribution in [-0.2, 0) is 14.3 Å². The van der Waals surface area contributed by atoms with Crippen molar-refractivity contribution in [3.05, 3.63) is 12.2 Å². The van der Waals surface area contributed by atoms with E-state index in [1.54, 1.807) is 6.08 Å². The summed E-state index contributed by atoms with van der Waals surface area (Å²) in [6, 6.07) is -0.625. The second-order valence-corrected chi connectivity index (χ2v) is 22.8. The van der Waals surface area contributed by atoms with E-state index in [-0.39, 0.29) is 18.5 Å². The number of unbranched alkanes of at least 4 members (excludes halogenated alkanes) is 51. The molecule has 6 heteroatoms. The Morgan fingerprint density at radius 1 is 0.375 bits per heavy atom. The summed E-state index contributed by atoms with van der Waals surface area (Å²) >= 11 is 0. The molecular weight excluding hydrogens is 887 g/mol. The summed E-state index contributed by atoms with van der Waals surface area (Å²) in [4.78, 5) is 24.5. The zero-order valence-corrected chi connectivity index (χ0v) is 48.9. The maximum Gasteiger partial charge on any atom is 0.305 e. The molecule has 72 heavy (non-hydrogen) atoms. The second-order valence-electron chi connectivity index (χ2n) is 22.8. The highest BCUT2D eigenvalue weighted by molar-refractivity contribution is 5.76. The molecule has 0 heterocycles. The molecule has 0 aromatic carbocycles. The third-order valence-corrected chi connectivity index (χ3v) is 15.6. The second kappa shape index (κ2) is 62.1. The average molecular weight is 1020 g/mol. The maximum absolute atomic E-state index is 12.5. The lowest BCUT2D eigenvalue weighted by Gasteiger charge is -2.20. The number of amides is 1. The fraction of sp³-hybridized carbons (Fsp3) is 0.939. The molecule has 0 aromatic heterocycles. The Labute approximate surface area is 450 Å². The van der Waals surface area contributed by atoms with Crippen LogP contribution in [0, 0.1) is 0 Å². The van der Waals surface area contributed by atoms with Gasteiger partial charge in [0.2, 0.25) is 5.91 Å². The first kappa shape index (κ1) is 70.6. The van der Waals surface area contributed by atoms with Crippen molar-refractivity contribution in [1.82, 2.24) is 5.32 Å². The van der Waals surface area contributed by atoms with Crippen molar-refractivity contribution in [1.29, 1.82) is 0 Å². The van der Waals surface area contributed by atoms with Gasteiger partial charge < -0.3 is 20.3 Å². The van der Waals surface area contributed by atoms with Crippen molar-refractivity contribution < 1.29 is 24.5 Å². The Morgan fingerprint density at radius 2 is 0.639 bits per heavy atom. The molecule has 1 amide bonds. The molecule has 6 nitrogen and oxygen atoms in total. The largest absolute Gasteiger partial charge is 0.466 e. The van der Waals surface area contributed by atoms with E-state index in [2.05, 4.69) is 19.2 Å². The fourth-order valence-corrected chi connectivity index (χ4v) is 10.5. The zero-order valence-electron chi connectivity index (χ0n) is 48.9. The Bertz CT molecular complexity index is 1080. The number of ether oxygens (including phenoxy) is 1. The van der Waals surface area contributed by atoms with E-state index in [4.69, 9.17) is 4.74 Å². The molecular formula is C66H129NO5. The van der Waals surface area contributed by atoms with Crippen molar-refractivity contribution in [2.24, 2.45) is 0 Å². The van der Waals surface area contributed by atoms with E-state index in [0.29, 0.717) is 19.4 Å². The lowest BCUT2D eigenvalue weighted by atomic mass is 10.0. The van der Waals surface area contributed by atoms with Crippen LogP contribution in [0.5, 0.6) is 0 Å². The smallest absolute Gasteiger partial charge is 0.305 e. The van der Waals surface area contributed by atoms with Crippen LogP contribution in [0.25, 0.3) is 0 Å². The van der Waals surface area contributed by atoms with Gasteiger partial charge in [-0.2, -0.15) is 0 Å². The molecule has 0 aliphatic heterocycles. The maximum atomic E-state index is 12.5. The molecule has 0 bridgehead atoms. The first-order valence-electron chi connectivity index (χ1n) is 33.0. The van der Waals surface area contributed by atoms with Crippen LogP contribution in [0.15, 0.2) is 12.2 Å². The van der Waals surface area contributed by atoms with Gasteiger partial charge in [-0.3, -0.25) is 9.59 Å². The van der Waals surface area contributed by atoms with Crippen molar-refractivity contribution in [3.63, 3.8) is 0 Å². The molecule has 0 spiro atoms. The number of nitrogens with one attached hydrogen (secondary N) is 1. The summed E-state index contributed by atoms with van der Waals surface area (Å²) in [5.41, 5.74) is 0. The number of carbonyl (C=O) groups excluding carboxylic acids is 2. The van der Waals surface area contributed by atoms with Gasteiger partial charge in [-0.05, 0) is 32.1 Å². The van der Waals surface area contributed by atoms with E-state index >= 15 is 0 Å². The molecule has 0 rings (SSSR count). The third-order valence-electron chi connectivity index (χ3n) is 15.6. The zero-order chi connectivity index (χ0) is 52.2. The van der Waals surface area contributed by atoms with Crippen LogP contribution in [-0.4, -0.2) is 47.4 Å². The monoisotopic (exact) mass is 1020 g/mol. The van der Waals surface area contributed by atoms with Crippen LogP contribution in [0.4, 0.5) is 0 Å². The lowest BCUT2D eigenvalue weighted by molar-refractivity contribution is -0.143. The summed E-state index contributed by atoms with van der Waals surface area (Å²) < 4.78 is 5.47. The number of hydrogen-bond donors (Lipinski definition) is 3. The number of carbonyl (C=O) groups is 2. The van der Waals surface area contributed by atoms with Crippen molar-refractivity contribution in [2.75, 3.05) is 13.2 Å². The van der Waals surface area contributed by atoms with Gasteiger partial charge >= 0.3 is 5.97 Å². The fourth-order valence-electron chi connectivity index (χ4n) is 10.5. The Balaban J connectivity index is 3.37. The number of aliphatic hydroxyl groups excluding tert-OH is 2. The van der Waals surface area contributed by atoms with Gasteiger partial charge in [0.25, 0.3) is 0 Å². The van der Waals surface area contributed by atoms with Gasteiger partial charge in [0.05, 0.1) is 25.4 Å². The predicted octanol–water partition coefficient (Wildman–Crippen LogP) is 20.8. The topological polar surface area (TPSA) is 95.9 Å². The summed E-state index contributed by atoms with van der Waals surface area (Å²) in [5.74, 6) is -0.0439. The molecule has 0 aliphatic rings. The van der Waals surface area contributed by atoms with E-state index in [9.17, 15) is 19.8 Å². The van der Waals surface area contributed by atoms with Crippen molar-refractivity contribution in [3.8, 4) is 0 Å². The van der Waals surface area contributed by atoms with E-state index in [0.717, 1.165) is 38.5 Å². The highest BCUT2D eigenvalue weighted by Crippen LogP contribution is 2.19. The number of hydrogen-bond acceptors (Lipinski definition) is 5. The van der Waals surface area contributed by atoms with E-state index < -0.39 is 12.1 Å². The standard InChI is InChI=1S/C66H129NO5/c1-3-5-7-9-11-13-15-16-17-29-32-35-39-42-46-50-54-58-64(69)63(62-68)67-65(70)59-55-51-47-43-40-36-33-30-27-25-23-21-19-18-20-22-24-26-28-31-34-37-41-45-49-53-57-61-72-66(71)60-56-52-48-44-38-14-12-10-8-6-4-2/h54,58,63-64,68-69H,3-53,55-57,59-62H2,1-2H3,(H,67,70)/b58-54+. The lowest BCUT2D eigenvalue weighted by Crippen LogP contribution is -2.45. The van der Waals surface area contributed by atoms with Crippen LogP contribution in [0.3, 0.4) is 0 Å². The Kier molecular flexibility index (Phi) is 60.9. The predicted molar refractivity (Wildman–Crippen MR) is 315 cm³/mol. The molecule has 2 atom stereocenters. The van der Waals surface area contributed by atoms with Gasteiger partial charge in [0, 0.05) is 12.8 Å². The molecule has 3 N–H and O–H groups in total. The Morgan fingerprint density at radius 3 is 0.944 bits per heavy atom. The van der Waals surface area contributed by atoms with Gasteiger partial charge in [-0.15, -0.1) is 0 Å². The van der Waals surface area contributed by atoms with Gasteiger partial charge in [-0.1, -0.05) is 341 Å². The Hall–Kier alpha value is -1.40. The number of allylic oxidation sites excluding steroid dienone is 1. The van der Waals surface area contributed by atoms with Crippen LogP contribution < -0.4 is 5.32 Å². The first-order chi connectivity index (χ1) is 35.5. The minimum atomic E-state index is -0.842. The number of aliphatic hydroxyl groups is 2. The number of esters is 1. The molecule has 0 fully saturated rings. The van der Waals surface area contributed by atoms with E-state index in [1.807, 2.05) is 6.08 Å². The highest BCUT2D eigenvalue weighted by atomic mass is 16.5. The minimum Gasteiger partial charge on any atom is -0.466 e. The molecule has 2 unspecified atom stereocenters. The summed E-state index contributed by atoms with van der Waals surface area (Å²) in [5, 5.41) is 23.2. The van der Waals surface area contributed by atoms with Gasteiger partial charge in [-0.25, -0.2) is 0 Å². The molecule has 0 saturated carbocycles. The van der Waals surface area contributed by atoms with Crippen molar-refractivity contribution >= 4 is 11.9 Å². The SMILES string of the molecule is CCCCCCCCCCCCCCCCC/C=C/C(O)C(CO)NC(=O)CCCCCCCCCCCCCCCCCCCCCCCCCCCCCOC(=O)CCCCCCCCCCCCC. The minimum absolute atomic E-state index is 0.0180. The highest BCUT2D eigenvalue weighted by Gasteiger charge is 2.18. The van der Waals surface area contributed by atoms with Gasteiger partial charge in [0.15, 0.2) is 0 Å². The normalized spacial score (nSPS) is 12.6. The average Bonchev–Trinajstić information content (AvgIpc) is 3.38. The quantitative estimate of drug-likeness (QED) is 0.0320. The molecule has 0 radical (unpaired) electrons. The van der Waals surface area contributed by atoms with Gasteiger partial charge in [0.1, 0.15) is 0 Å². The summed E-state index contributed by atoms with van der Waals surface area (Å²) in [6.07, 6.45) is 75.6. The van der Waals surface area contributed by atoms with E-state index in [1.165, 1.54) is 308 Å². The summed E-state index contributed by atoms with van der Waals surface area (Å²) in [6.45, 7) is 4.93. The molecule has 0 aliphatic carbocycles.